The topological polar surface area (TPSA) is 66.2 Å². The van der Waals surface area contributed by atoms with Crippen LogP contribution >= 0.6 is 0 Å². The largest absolute Gasteiger partial charge is 0.489 e. The number of carbonyl (C=O) groups is 1. The predicted octanol–water partition coefficient (Wildman–Crippen LogP) is 3.49. The molecule has 138 valence electrons. The van der Waals surface area contributed by atoms with Gasteiger partial charge in [0.1, 0.15) is 11.9 Å². The van der Waals surface area contributed by atoms with Gasteiger partial charge in [0.05, 0.1) is 17.8 Å². The first-order valence-corrected chi connectivity index (χ1v) is 9.60. The van der Waals surface area contributed by atoms with Gasteiger partial charge in [0.2, 0.25) is 5.91 Å². The number of nitrogens with zero attached hydrogens (tertiary/aromatic N) is 3. The smallest absolute Gasteiger partial charge is 0.223 e. The van der Waals surface area contributed by atoms with Crippen molar-refractivity contribution in [2.75, 3.05) is 0 Å². The van der Waals surface area contributed by atoms with E-state index in [1.807, 2.05) is 36.4 Å². The maximum atomic E-state index is 12.8. The minimum Gasteiger partial charge on any atom is -0.489 e. The van der Waals surface area contributed by atoms with Crippen molar-refractivity contribution in [1.82, 2.24) is 9.88 Å². The fraction of sp³-hybridized carbons (Fsp3) is 0.409. The van der Waals surface area contributed by atoms with Gasteiger partial charge in [-0.15, -0.1) is 0 Å². The standard InChI is InChI=1S/C22H23N3O2/c23-14-17-5-3-16(4-6-17)7-10-22(26)25-18-8-9-19(25)13-21(12-18)27-20-2-1-11-24-15-20/h1-6,11,15,18-19,21H,7-10,12-13H2. The zero-order valence-corrected chi connectivity index (χ0v) is 15.3. The molecule has 5 heteroatoms. The molecule has 1 aromatic carbocycles. The van der Waals surface area contributed by atoms with Crippen molar-refractivity contribution in [1.29, 1.82) is 5.26 Å². The van der Waals surface area contributed by atoms with Crippen LogP contribution in [-0.4, -0.2) is 34.0 Å². The summed E-state index contributed by atoms with van der Waals surface area (Å²) in [5.41, 5.74) is 1.75. The third-order valence-corrected chi connectivity index (χ3v) is 5.63. The number of ether oxygens (including phenoxy) is 1. The molecule has 2 atom stereocenters. The first-order valence-electron chi connectivity index (χ1n) is 9.60. The lowest BCUT2D eigenvalue weighted by molar-refractivity contribution is -0.137. The van der Waals surface area contributed by atoms with Crippen LogP contribution in [0.4, 0.5) is 0 Å². The van der Waals surface area contributed by atoms with Gasteiger partial charge in [-0.3, -0.25) is 9.78 Å². The Morgan fingerprint density at radius 2 is 1.93 bits per heavy atom. The highest BCUT2D eigenvalue weighted by Gasteiger charge is 2.43. The van der Waals surface area contributed by atoms with Crippen LogP contribution in [0.15, 0.2) is 48.8 Å². The summed E-state index contributed by atoms with van der Waals surface area (Å²) in [6.07, 6.45) is 8.82. The molecule has 2 aliphatic heterocycles. The van der Waals surface area contributed by atoms with Gasteiger partial charge in [-0.25, -0.2) is 0 Å². The van der Waals surface area contributed by atoms with Crippen molar-refractivity contribution >= 4 is 5.91 Å². The highest BCUT2D eigenvalue weighted by Crippen LogP contribution is 2.37. The fourth-order valence-electron chi connectivity index (χ4n) is 4.37. The number of nitriles is 1. The number of piperidine rings is 1. The summed E-state index contributed by atoms with van der Waals surface area (Å²) in [6, 6.07) is 14.0. The second-order valence-corrected chi connectivity index (χ2v) is 7.39. The van der Waals surface area contributed by atoms with Gasteiger partial charge in [-0.1, -0.05) is 12.1 Å². The van der Waals surface area contributed by atoms with Gasteiger partial charge in [0.15, 0.2) is 0 Å². The van der Waals surface area contributed by atoms with E-state index in [0.717, 1.165) is 43.4 Å². The second kappa shape index (κ2) is 7.79. The van der Waals surface area contributed by atoms with Crippen molar-refractivity contribution in [3.8, 4) is 11.8 Å². The molecule has 27 heavy (non-hydrogen) atoms. The molecule has 2 unspecified atom stereocenters. The van der Waals surface area contributed by atoms with E-state index in [2.05, 4.69) is 16.0 Å². The van der Waals surface area contributed by atoms with Crippen molar-refractivity contribution in [2.24, 2.45) is 0 Å². The van der Waals surface area contributed by atoms with E-state index in [9.17, 15) is 4.79 Å². The molecular weight excluding hydrogens is 338 g/mol. The van der Waals surface area contributed by atoms with Crippen LogP contribution in [0, 0.1) is 11.3 Å². The molecule has 0 N–H and O–H groups in total. The van der Waals surface area contributed by atoms with Crippen molar-refractivity contribution < 1.29 is 9.53 Å². The molecule has 0 radical (unpaired) electrons. The maximum absolute atomic E-state index is 12.8. The zero-order chi connectivity index (χ0) is 18.6. The van der Waals surface area contributed by atoms with E-state index in [0.29, 0.717) is 24.1 Å². The van der Waals surface area contributed by atoms with Crippen LogP contribution < -0.4 is 4.74 Å². The first-order chi connectivity index (χ1) is 13.2. The molecule has 2 bridgehead atoms. The maximum Gasteiger partial charge on any atom is 0.223 e. The second-order valence-electron chi connectivity index (χ2n) is 7.39. The van der Waals surface area contributed by atoms with Crippen LogP contribution in [0.2, 0.25) is 0 Å². The van der Waals surface area contributed by atoms with E-state index in [-0.39, 0.29) is 12.0 Å². The molecule has 4 rings (SSSR count). The molecule has 0 spiro atoms. The Kier molecular flexibility index (Phi) is 5.06. The van der Waals surface area contributed by atoms with Gasteiger partial charge in [0, 0.05) is 37.5 Å². The van der Waals surface area contributed by atoms with Crippen molar-refractivity contribution in [2.45, 2.75) is 56.7 Å². The van der Waals surface area contributed by atoms with E-state index < -0.39 is 0 Å². The molecule has 2 aromatic rings. The van der Waals surface area contributed by atoms with E-state index in [1.165, 1.54) is 0 Å². The van der Waals surface area contributed by atoms with Crippen LogP contribution in [-0.2, 0) is 11.2 Å². The minimum atomic E-state index is 0.161. The number of pyridine rings is 1. The van der Waals surface area contributed by atoms with Gasteiger partial charge < -0.3 is 9.64 Å². The van der Waals surface area contributed by atoms with Crippen LogP contribution in [0.25, 0.3) is 0 Å². The minimum absolute atomic E-state index is 0.161. The monoisotopic (exact) mass is 361 g/mol. The number of carbonyl (C=O) groups excluding carboxylic acids is 1. The van der Waals surface area contributed by atoms with E-state index >= 15 is 0 Å². The first kappa shape index (κ1) is 17.5. The lowest BCUT2D eigenvalue weighted by atomic mass is 9.98. The Labute approximate surface area is 159 Å². The summed E-state index contributed by atoms with van der Waals surface area (Å²) in [7, 11) is 0. The summed E-state index contributed by atoms with van der Waals surface area (Å²) in [5, 5.41) is 8.87. The number of aryl methyl sites for hydroxylation is 1. The Bertz CT molecular complexity index is 815. The molecular formula is C22H23N3O2. The van der Waals surface area contributed by atoms with Crippen LogP contribution in [0.5, 0.6) is 5.75 Å². The molecule has 2 saturated heterocycles. The number of hydrogen-bond donors (Lipinski definition) is 0. The average molecular weight is 361 g/mol. The third kappa shape index (κ3) is 3.95. The van der Waals surface area contributed by atoms with Gasteiger partial charge in [-0.2, -0.15) is 5.26 Å². The Morgan fingerprint density at radius 3 is 2.56 bits per heavy atom. The Balaban J connectivity index is 1.33. The van der Waals surface area contributed by atoms with Gasteiger partial charge >= 0.3 is 0 Å². The molecule has 3 heterocycles. The lowest BCUT2D eigenvalue weighted by Crippen LogP contribution is -2.49. The molecule has 0 saturated carbocycles. The number of rotatable bonds is 5. The highest BCUT2D eigenvalue weighted by atomic mass is 16.5. The number of hydrogen-bond acceptors (Lipinski definition) is 4. The van der Waals surface area contributed by atoms with Gasteiger partial charge in [-0.05, 0) is 49.1 Å². The number of benzene rings is 1. The molecule has 2 fully saturated rings. The van der Waals surface area contributed by atoms with E-state index in [4.69, 9.17) is 10.00 Å². The highest BCUT2D eigenvalue weighted by molar-refractivity contribution is 5.77. The number of fused-ring (bicyclic) bond motifs is 2. The molecule has 5 nitrogen and oxygen atoms in total. The average Bonchev–Trinajstić information content (AvgIpc) is 2.98. The third-order valence-electron chi connectivity index (χ3n) is 5.63. The van der Waals surface area contributed by atoms with Crippen molar-refractivity contribution in [3.05, 3.63) is 59.9 Å². The predicted molar refractivity (Wildman–Crippen MR) is 101 cm³/mol. The van der Waals surface area contributed by atoms with Crippen LogP contribution in [0.3, 0.4) is 0 Å². The number of amides is 1. The normalized spacial score (nSPS) is 23.7. The summed E-state index contributed by atoms with van der Waals surface area (Å²) >= 11 is 0. The molecule has 0 aliphatic carbocycles. The molecule has 1 amide bonds. The van der Waals surface area contributed by atoms with Gasteiger partial charge in [0.25, 0.3) is 0 Å². The fourth-order valence-corrected chi connectivity index (χ4v) is 4.37. The zero-order valence-electron chi connectivity index (χ0n) is 15.3. The quantitative estimate of drug-likeness (QED) is 0.818. The molecule has 2 aliphatic rings. The summed E-state index contributed by atoms with van der Waals surface area (Å²) in [5.74, 6) is 1.05. The summed E-state index contributed by atoms with van der Waals surface area (Å²) in [4.78, 5) is 19.1. The molecule has 1 aromatic heterocycles. The van der Waals surface area contributed by atoms with Crippen LogP contribution in [0.1, 0.15) is 43.2 Å². The number of aromatic nitrogens is 1. The summed E-state index contributed by atoms with van der Waals surface area (Å²) < 4.78 is 6.09. The SMILES string of the molecule is N#Cc1ccc(CCC(=O)N2C3CCC2CC(Oc2cccnc2)C3)cc1. The lowest BCUT2D eigenvalue weighted by Gasteiger charge is -2.39. The summed E-state index contributed by atoms with van der Waals surface area (Å²) in [6.45, 7) is 0. The Hall–Kier alpha value is -2.87. The van der Waals surface area contributed by atoms with E-state index in [1.54, 1.807) is 12.4 Å². The van der Waals surface area contributed by atoms with Crippen molar-refractivity contribution in [3.63, 3.8) is 0 Å². The Morgan fingerprint density at radius 1 is 1.19 bits per heavy atom.